The standard InChI is InChI=1S/C9H14/c1-4-7-9(6-3)8-5-2/h3-4,9H,1,5,7-8H2,2H3. The Bertz CT molecular complexity index is 106. The van der Waals surface area contributed by atoms with Crippen LogP contribution in [-0.2, 0) is 0 Å². The molecule has 0 spiro atoms. The fourth-order valence-electron chi connectivity index (χ4n) is 0.819. The number of hydrogen-bond acceptors (Lipinski definition) is 0. The number of hydrogen-bond donors (Lipinski definition) is 0. The Morgan fingerprint density at radius 1 is 1.78 bits per heavy atom. The summed E-state index contributed by atoms with van der Waals surface area (Å²) < 4.78 is 0. The van der Waals surface area contributed by atoms with Gasteiger partial charge in [-0.05, 0) is 12.8 Å². The summed E-state index contributed by atoms with van der Waals surface area (Å²) >= 11 is 0. The molecule has 0 aromatic rings. The molecule has 0 aromatic heterocycles. The van der Waals surface area contributed by atoms with Gasteiger partial charge in [0, 0.05) is 5.92 Å². The van der Waals surface area contributed by atoms with Crippen LogP contribution in [0.4, 0.5) is 0 Å². The lowest BCUT2D eigenvalue weighted by Crippen LogP contribution is -1.92. The summed E-state index contributed by atoms with van der Waals surface area (Å²) in [6.07, 6.45) is 10.4. The first-order valence-electron chi connectivity index (χ1n) is 3.42. The van der Waals surface area contributed by atoms with Gasteiger partial charge in [0.15, 0.2) is 0 Å². The Morgan fingerprint density at radius 3 is 2.78 bits per heavy atom. The van der Waals surface area contributed by atoms with Gasteiger partial charge in [-0.25, -0.2) is 0 Å². The summed E-state index contributed by atoms with van der Waals surface area (Å²) in [7, 11) is 0. The smallest absolute Gasteiger partial charge is 0.0234 e. The summed E-state index contributed by atoms with van der Waals surface area (Å²) in [5, 5.41) is 0. The van der Waals surface area contributed by atoms with Gasteiger partial charge in [-0.15, -0.1) is 18.9 Å². The van der Waals surface area contributed by atoms with Gasteiger partial charge in [0.2, 0.25) is 0 Å². The van der Waals surface area contributed by atoms with E-state index in [1.54, 1.807) is 0 Å². The molecule has 0 fully saturated rings. The average molecular weight is 122 g/mol. The Balaban J connectivity index is 3.44. The molecule has 0 aliphatic carbocycles. The lowest BCUT2D eigenvalue weighted by atomic mass is 10.0. The molecule has 9 heavy (non-hydrogen) atoms. The SMILES string of the molecule is C#CC(CC=C)CCC. The molecule has 0 heterocycles. The highest BCUT2D eigenvalue weighted by atomic mass is 14.0. The molecule has 0 amide bonds. The zero-order chi connectivity index (χ0) is 7.11. The molecule has 0 aromatic carbocycles. The molecular formula is C9H14. The summed E-state index contributed by atoms with van der Waals surface area (Å²) in [5.74, 6) is 3.16. The monoisotopic (exact) mass is 122 g/mol. The van der Waals surface area contributed by atoms with Crippen molar-refractivity contribution in [3.63, 3.8) is 0 Å². The third-order valence-corrected chi connectivity index (χ3v) is 1.32. The van der Waals surface area contributed by atoms with E-state index in [9.17, 15) is 0 Å². The molecule has 0 heteroatoms. The molecule has 0 saturated carbocycles. The highest BCUT2D eigenvalue weighted by Gasteiger charge is 1.98. The van der Waals surface area contributed by atoms with Gasteiger partial charge in [-0.2, -0.15) is 0 Å². The van der Waals surface area contributed by atoms with Crippen molar-refractivity contribution in [2.24, 2.45) is 5.92 Å². The minimum Gasteiger partial charge on any atom is -0.120 e. The molecule has 0 N–H and O–H groups in total. The van der Waals surface area contributed by atoms with Crippen LogP contribution in [0.3, 0.4) is 0 Å². The molecule has 0 aliphatic heterocycles. The van der Waals surface area contributed by atoms with Gasteiger partial charge in [0.05, 0.1) is 0 Å². The Hall–Kier alpha value is -0.700. The fraction of sp³-hybridized carbons (Fsp3) is 0.556. The van der Waals surface area contributed by atoms with E-state index in [1.807, 2.05) is 6.08 Å². The van der Waals surface area contributed by atoms with Crippen molar-refractivity contribution in [2.75, 3.05) is 0 Å². The van der Waals surface area contributed by atoms with Crippen LogP contribution in [0.5, 0.6) is 0 Å². The van der Waals surface area contributed by atoms with Crippen LogP contribution in [0.2, 0.25) is 0 Å². The van der Waals surface area contributed by atoms with Gasteiger partial charge in [0.1, 0.15) is 0 Å². The van der Waals surface area contributed by atoms with E-state index < -0.39 is 0 Å². The normalized spacial score (nSPS) is 12.0. The van der Waals surface area contributed by atoms with E-state index in [2.05, 4.69) is 19.4 Å². The molecule has 0 bridgehead atoms. The van der Waals surface area contributed by atoms with Crippen LogP contribution in [0.25, 0.3) is 0 Å². The lowest BCUT2D eigenvalue weighted by Gasteiger charge is -2.03. The molecule has 0 nitrogen and oxygen atoms in total. The maximum absolute atomic E-state index is 5.25. The Kier molecular flexibility index (Phi) is 5.01. The van der Waals surface area contributed by atoms with E-state index in [0.717, 1.165) is 12.8 Å². The Morgan fingerprint density at radius 2 is 2.44 bits per heavy atom. The van der Waals surface area contributed by atoms with Crippen LogP contribution < -0.4 is 0 Å². The first-order chi connectivity index (χ1) is 4.35. The van der Waals surface area contributed by atoms with Gasteiger partial charge in [-0.1, -0.05) is 19.4 Å². The lowest BCUT2D eigenvalue weighted by molar-refractivity contribution is 0.608. The number of allylic oxidation sites excluding steroid dienone is 1. The van der Waals surface area contributed by atoms with Gasteiger partial charge < -0.3 is 0 Å². The van der Waals surface area contributed by atoms with E-state index >= 15 is 0 Å². The van der Waals surface area contributed by atoms with Crippen molar-refractivity contribution in [3.05, 3.63) is 12.7 Å². The van der Waals surface area contributed by atoms with E-state index in [4.69, 9.17) is 6.42 Å². The number of rotatable bonds is 4. The van der Waals surface area contributed by atoms with Crippen LogP contribution in [-0.4, -0.2) is 0 Å². The highest BCUT2D eigenvalue weighted by molar-refractivity contribution is 4.95. The molecular weight excluding hydrogens is 108 g/mol. The molecule has 0 saturated heterocycles. The maximum atomic E-state index is 5.25. The molecule has 0 rings (SSSR count). The molecule has 50 valence electrons. The molecule has 1 atom stereocenters. The van der Waals surface area contributed by atoms with E-state index in [-0.39, 0.29) is 0 Å². The van der Waals surface area contributed by atoms with Crippen LogP contribution in [0.15, 0.2) is 12.7 Å². The molecule has 0 aliphatic rings. The topological polar surface area (TPSA) is 0 Å². The second-order valence-corrected chi connectivity index (χ2v) is 2.18. The van der Waals surface area contributed by atoms with Crippen LogP contribution >= 0.6 is 0 Å². The average Bonchev–Trinajstić information content (AvgIpc) is 1.88. The van der Waals surface area contributed by atoms with E-state index in [1.165, 1.54) is 6.42 Å². The quantitative estimate of drug-likeness (QED) is 0.397. The third-order valence-electron chi connectivity index (χ3n) is 1.32. The van der Waals surface area contributed by atoms with Crippen molar-refractivity contribution < 1.29 is 0 Å². The van der Waals surface area contributed by atoms with Gasteiger partial charge in [0.25, 0.3) is 0 Å². The summed E-state index contributed by atoms with van der Waals surface area (Å²) in [5.41, 5.74) is 0. The Labute approximate surface area is 58.0 Å². The van der Waals surface area contributed by atoms with Crippen LogP contribution in [0, 0.1) is 18.3 Å². The second kappa shape index (κ2) is 5.44. The largest absolute Gasteiger partial charge is 0.120 e. The fourth-order valence-corrected chi connectivity index (χ4v) is 0.819. The highest BCUT2D eigenvalue weighted by Crippen LogP contribution is 2.08. The molecule has 1 unspecified atom stereocenters. The third kappa shape index (κ3) is 3.85. The van der Waals surface area contributed by atoms with Crippen molar-refractivity contribution in [1.82, 2.24) is 0 Å². The minimum absolute atomic E-state index is 0.424. The predicted octanol–water partition coefficient (Wildman–Crippen LogP) is 2.61. The number of terminal acetylenes is 1. The van der Waals surface area contributed by atoms with Crippen molar-refractivity contribution >= 4 is 0 Å². The first-order valence-corrected chi connectivity index (χ1v) is 3.42. The zero-order valence-electron chi connectivity index (χ0n) is 6.06. The zero-order valence-corrected chi connectivity index (χ0v) is 6.06. The summed E-state index contributed by atoms with van der Waals surface area (Å²) in [4.78, 5) is 0. The summed E-state index contributed by atoms with van der Waals surface area (Å²) in [6, 6.07) is 0. The van der Waals surface area contributed by atoms with E-state index in [0.29, 0.717) is 5.92 Å². The van der Waals surface area contributed by atoms with Crippen molar-refractivity contribution in [1.29, 1.82) is 0 Å². The van der Waals surface area contributed by atoms with Gasteiger partial charge in [-0.3, -0.25) is 0 Å². The van der Waals surface area contributed by atoms with Crippen LogP contribution in [0.1, 0.15) is 26.2 Å². The second-order valence-electron chi connectivity index (χ2n) is 2.18. The van der Waals surface area contributed by atoms with Crippen molar-refractivity contribution in [2.45, 2.75) is 26.2 Å². The van der Waals surface area contributed by atoms with Crippen molar-refractivity contribution in [3.8, 4) is 12.3 Å². The molecule has 0 radical (unpaired) electrons. The summed E-state index contributed by atoms with van der Waals surface area (Å²) in [6.45, 7) is 5.78. The van der Waals surface area contributed by atoms with Gasteiger partial charge >= 0.3 is 0 Å². The maximum Gasteiger partial charge on any atom is 0.0234 e. The minimum atomic E-state index is 0.424. The first kappa shape index (κ1) is 8.30. The predicted molar refractivity (Wildman–Crippen MR) is 42.0 cm³/mol.